The summed E-state index contributed by atoms with van der Waals surface area (Å²) in [6.45, 7) is 2.93. The van der Waals surface area contributed by atoms with Crippen LogP contribution in [0, 0.1) is 0 Å². The van der Waals surface area contributed by atoms with E-state index in [1.54, 1.807) is 29.2 Å². The molecule has 0 unspecified atom stereocenters. The van der Waals surface area contributed by atoms with Gasteiger partial charge < -0.3 is 4.90 Å². The number of aromatic nitrogens is 2. The van der Waals surface area contributed by atoms with E-state index in [2.05, 4.69) is 0 Å². The normalized spacial score (nSPS) is 13.5. The summed E-state index contributed by atoms with van der Waals surface area (Å²) in [5.41, 5.74) is 1.87. The summed E-state index contributed by atoms with van der Waals surface area (Å²) in [5.74, 6) is -0.134. The molecule has 0 bridgehead atoms. The van der Waals surface area contributed by atoms with Crippen LogP contribution in [0.3, 0.4) is 0 Å². The SMILES string of the molecule is CCCCn1c(=O)c2ccccc2n(CC(=O)N2CCCc3ccccc32)c1=O. The van der Waals surface area contributed by atoms with Crippen LogP contribution in [0.5, 0.6) is 0 Å². The van der Waals surface area contributed by atoms with E-state index >= 15 is 0 Å². The van der Waals surface area contributed by atoms with Crippen molar-refractivity contribution in [2.45, 2.75) is 45.7 Å². The fraction of sp³-hybridized carbons (Fsp3) is 0.348. The van der Waals surface area contributed by atoms with Crippen LogP contribution in [0.2, 0.25) is 0 Å². The lowest BCUT2D eigenvalue weighted by molar-refractivity contribution is -0.119. The first-order valence-corrected chi connectivity index (χ1v) is 10.2. The van der Waals surface area contributed by atoms with Crippen molar-refractivity contribution in [3.05, 3.63) is 74.9 Å². The van der Waals surface area contributed by atoms with Crippen LogP contribution < -0.4 is 16.1 Å². The third-order valence-electron chi connectivity index (χ3n) is 5.57. The van der Waals surface area contributed by atoms with Gasteiger partial charge in [-0.25, -0.2) is 4.79 Å². The number of hydrogen-bond donors (Lipinski definition) is 0. The van der Waals surface area contributed by atoms with Crippen LogP contribution in [0.4, 0.5) is 5.69 Å². The number of para-hydroxylation sites is 2. The second kappa shape index (κ2) is 8.07. The number of aryl methyl sites for hydroxylation is 1. The van der Waals surface area contributed by atoms with E-state index in [0.717, 1.165) is 36.9 Å². The Morgan fingerprint density at radius 3 is 2.59 bits per heavy atom. The van der Waals surface area contributed by atoms with Crippen molar-refractivity contribution in [2.24, 2.45) is 0 Å². The van der Waals surface area contributed by atoms with Crippen LogP contribution in [-0.4, -0.2) is 21.6 Å². The molecule has 1 aromatic heterocycles. The maximum absolute atomic E-state index is 13.2. The van der Waals surface area contributed by atoms with Gasteiger partial charge in [-0.05, 0) is 43.0 Å². The molecular weight excluding hydrogens is 366 g/mol. The number of carbonyl (C=O) groups excluding carboxylic acids is 1. The van der Waals surface area contributed by atoms with Crippen LogP contribution in [0.25, 0.3) is 10.9 Å². The lowest BCUT2D eigenvalue weighted by Gasteiger charge is -2.30. The highest BCUT2D eigenvalue weighted by Crippen LogP contribution is 2.27. The average molecular weight is 391 g/mol. The standard InChI is InChI=1S/C23H25N3O3/c1-2-3-14-25-22(28)18-11-5-7-13-20(18)26(23(25)29)16-21(27)24-15-8-10-17-9-4-6-12-19(17)24/h4-7,9,11-13H,2-3,8,10,14-16H2,1H3. The zero-order valence-electron chi connectivity index (χ0n) is 16.6. The molecule has 0 N–H and O–H groups in total. The third-order valence-corrected chi connectivity index (χ3v) is 5.57. The molecule has 6 heteroatoms. The maximum Gasteiger partial charge on any atom is 0.331 e. The Morgan fingerprint density at radius 1 is 1.00 bits per heavy atom. The van der Waals surface area contributed by atoms with Crippen molar-refractivity contribution in [3.8, 4) is 0 Å². The lowest BCUT2D eigenvalue weighted by atomic mass is 10.0. The Balaban J connectivity index is 1.78. The minimum absolute atomic E-state index is 0.0832. The highest BCUT2D eigenvalue weighted by molar-refractivity contribution is 5.95. The highest BCUT2D eigenvalue weighted by atomic mass is 16.2. The molecule has 1 aliphatic rings. The van der Waals surface area contributed by atoms with E-state index in [4.69, 9.17) is 0 Å². The van der Waals surface area contributed by atoms with Crippen molar-refractivity contribution in [1.29, 1.82) is 0 Å². The summed E-state index contributed by atoms with van der Waals surface area (Å²) in [7, 11) is 0. The molecule has 3 aromatic rings. The van der Waals surface area contributed by atoms with E-state index in [9.17, 15) is 14.4 Å². The van der Waals surface area contributed by atoms with Gasteiger partial charge in [0.2, 0.25) is 5.91 Å². The largest absolute Gasteiger partial charge is 0.331 e. The molecule has 150 valence electrons. The van der Waals surface area contributed by atoms with Crippen LogP contribution in [0.1, 0.15) is 31.7 Å². The molecule has 6 nitrogen and oxygen atoms in total. The Morgan fingerprint density at radius 2 is 1.76 bits per heavy atom. The van der Waals surface area contributed by atoms with Crippen molar-refractivity contribution >= 4 is 22.5 Å². The summed E-state index contributed by atoms with van der Waals surface area (Å²) in [6.07, 6.45) is 3.46. The first kappa shape index (κ1) is 19.2. The number of fused-ring (bicyclic) bond motifs is 2. The van der Waals surface area contributed by atoms with Gasteiger partial charge >= 0.3 is 5.69 Å². The molecule has 2 aromatic carbocycles. The van der Waals surface area contributed by atoms with Gasteiger partial charge in [0, 0.05) is 18.8 Å². The van der Waals surface area contributed by atoms with Gasteiger partial charge in [-0.15, -0.1) is 0 Å². The van der Waals surface area contributed by atoms with Gasteiger partial charge in [0.05, 0.1) is 10.9 Å². The van der Waals surface area contributed by atoms with Crippen LogP contribution >= 0.6 is 0 Å². The molecule has 0 saturated carbocycles. The van der Waals surface area contributed by atoms with E-state index < -0.39 is 5.69 Å². The van der Waals surface area contributed by atoms with Crippen molar-refractivity contribution in [3.63, 3.8) is 0 Å². The van der Waals surface area contributed by atoms with Crippen LogP contribution in [-0.2, 0) is 24.3 Å². The van der Waals surface area contributed by atoms with Gasteiger partial charge in [0.15, 0.2) is 0 Å². The van der Waals surface area contributed by atoms with Crippen molar-refractivity contribution in [1.82, 2.24) is 9.13 Å². The van der Waals surface area contributed by atoms with Crippen molar-refractivity contribution < 1.29 is 4.79 Å². The molecule has 29 heavy (non-hydrogen) atoms. The smallest absolute Gasteiger partial charge is 0.311 e. The second-order valence-corrected chi connectivity index (χ2v) is 7.47. The lowest BCUT2D eigenvalue weighted by Crippen LogP contribution is -2.44. The molecular formula is C23H25N3O3. The van der Waals surface area contributed by atoms with E-state index in [-0.39, 0.29) is 18.0 Å². The number of carbonyl (C=O) groups is 1. The number of anilines is 1. The first-order valence-electron chi connectivity index (χ1n) is 10.2. The first-order chi connectivity index (χ1) is 14.1. The quantitative estimate of drug-likeness (QED) is 0.672. The Labute approximate surface area is 169 Å². The fourth-order valence-electron chi connectivity index (χ4n) is 4.05. The van der Waals surface area contributed by atoms with Gasteiger partial charge in [0.25, 0.3) is 5.56 Å². The number of hydrogen-bond acceptors (Lipinski definition) is 3. The number of benzene rings is 2. The molecule has 0 saturated heterocycles. The second-order valence-electron chi connectivity index (χ2n) is 7.47. The van der Waals surface area contributed by atoms with Gasteiger partial charge in [-0.1, -0.05) is 43.7 Å². The molecule has 0 spiro atoms. The Kier molecular flexibility index (Phi) is 5.34. The molecule has 2 heterocycles. The number of amides is 1. The van der Waals surface area contributed by atoms with E-state index in [1.807, 2.05) is 31.2 Å². The molecule has 0 atom stereocenters. The summed E-state index contributed by atoms with van der Waals surface area (Å²) in [5, 5.41) is 0.468. The fourth-order valence-corrected chi connectivity index (χ4v) is 4.05. The number of rotatable bonds is 5. The zero-order chi connectivity index (χ0) is 20.4. The number of unbranched alkanes of at least 4 members (excludes halogenated alkanes) is 1. The Hall–Kier alpha value is -3.15. The predicted octanol–water partition coefficient (Wildman–Crippen LogP) is 2.94. The summed E-state index contributed by atoms with van der Waals surface area (Å²) >= 11 is 0. The topological polar surface area (TPSA) is 64.3 Å². The molecule has 0 radical (unpaired) electrons. The zero-order valence-corrected chi connectivity index (χ0v) is 16.6. The van der Waals surface area contributed by atoms with Crippen molar-refractivity contribution in [2.75, 3.05) is 11.4 Å². The van der Waals surface area contributed by atoms with Gasteiger partial charge in [-0.2, -0.15) is 0 Å². The highest BCUT2D eigenvalue weighted by Gasteiger charge is 2.24. The molecule has 1 aliphatic heterocycles. The minimum atomic E-state index is -0.416. The summed E-state index contributed by atoms with van der Waals surface area (Å²) < 4.78 is 2.72. The number of nitrogens with zero attached hydrogens (tertiary/aromatic N) is 3. The third kappa shape index (κ3) is 3.50. The van der Waals surface area contributed by atoms with Gasteiger partial charge in [-0.3, -0.25) is 18.7 Å². The maximum atomic E-state index is 13.2. The summed E-state index contributed by atoms with van der Waals surface area (Å²) in [6, 6.07) is 14.9. The average Bonchev–Trinajstić information content (AvgIpc) is 2.76. The van der Waals surface area contributed by atoms with E-state index in [0.29, 0.717) is 24.0 Å². The molecule has 1 amide bonds. The predicted molar refractivity (Wildman–Crippen MR) is 114 cm³/mol. The molecule has 4 rings (SSSR count). The monoisotopic (exact) mass is 391 g/mol. The molecule has 0 fully saturated rings. The molecule has 0 aliphatic carbocycles. The van der Waals surface area contributed by atoms with E-state index in [1.165, 1.54) is 9.13 Å². The minimum Gasteiger partial charge on any atom is -0.311 e. The summed E-state index contributed by atoms with van der Waals surface area (Å²) in [4.78, 5) is 40.9. The van der Waals surface area contributed by atoms with Crippen LogP contribution in [0.15, 0.2) is 58.1 Å². The Bertz CT molecular complexity index is 1180. The van der Waals surface area contributed by atoms with Gasteiger partial charge in [0.1, 0.15) is 6.54 Å².